The molecule has 26 heavy (non-hydrogen) atoms. The van der Waals surface area contributed by atoms with Gasteiger partial charge in [-0.3, -0.25) is 0 Å². The number of nitrogens with zero attached hydrogens (tertiary/aromatic N) is 4. The number of hydrogen-bond acceptors (Lipinski definition) is 8. The molecule has 0 amide bonds. The van der Waals surface area contributed by atoms with E-state index in [0.29, 0.717) is 42.7 Å². The maximum atomic E-state index is 8.72. The molecule has 3 aromatic rings. The van der Waals surface area contributed by atoms with Crippen LogP contribution in [0.1, 0.15) is 11.1 Å². The van der Waals surface area contributed by atoms with E-state index in [0.717, 1.165) is 5.69 Å². The number of benzene rings is 1. The highest BCUT2D eigenvalue weighted by atomic mass is 16.5. The van der Waals surface area contributed by atoms with Gasteiger partial charge in [0.05, 0.1) is 19.8 Å². The molecule has 0 saturated carbocycles. The van der Waals surface area contributed by atoms with Gasteiger partial charge in [-0.1, -0.05) is 6.07 Å². The quantitative estimate of drug-likeness (QED) is 0.529. The Hall–Kier alpha value is -2.84. The molecule has 0 radical (unpaired) electrons. The van der Waals surface area contributed by atoms with Crippen LogP contribution in [0.25, 0.3) is 11.2 Å². The average Bonchev–Trinajstić information content (AvgIpc) is 2.65. The topological polar surface area (TPSA) is 105 Å². The zero-order valence-electron chi connectivity index (χ0n) is 14.9. The van der Waals surface area contributed by atoms with Crippen molar-refractivity contribution in [3.8, 4) is 0 Å². The van der Waals surface area contributed by atoms with Crippen LogP contribution in [0.4, 0.5) is 17.5 Å². The molecule has 0 spiro atoms. The zero-order valence-corrected chi connectivity index (χ0v) is 14.9. The summed E-state index contributed by atoms with van der Waals surface area (Å²) in [7, 11) is 0. The van der Waals surface area contributed by atoms with E-state index in [2.05, 4.69) is 56.5 Å². The Kier molecular flexibility index (Phi) is 5.88. The summed E-state index contributed by atoms with van der Waals surface area (Å²) >= 11 is 0. The summed E-state index contributed by atoms with van der Waals surface area (Å²) in [4.78, 5) is 17.5. The number of aliphatic hydroxyl groups is 1. The number of nitrogens with one attached hydrogen (secondary N) is 2. The second kappa shape index (κ2) is 8.50. The summed E-state index contributed by atoms with van der Waals surface area (Å²) < 4.78 is 5.23. The molecule has 0 saturated heterocycles. The number of hydrogen-bond donors (Lipinski definition) is 3. The van der Waals surface area contributed by atoms with E-state index in [4.69, 9.17) is 9.84 Å². The van der Waals surface area contributed by atoms with Crippen molar-refractivity contribution >= 4 is 28.6 Å². The summed E-state index contributed by atoms with van der Waals surface area (Å²) in [6.07, 6.45) is 3.22. The van der Waals surface area contributed by atoms with Crippen LogP contribution in [0.2, 0.25) is 0 Å². The second-order valence-electron chi connectivity index (χ2n) is 5.81. The van der Waals surface area contributed by atoms with E-state index in [1.807, 2.05) is 6.07 Å². The minimum absolute atomic E-state index is 0.00605. The normalized spacial score (nSPS) is 10.9. The third-order valence-corrected chi connectivity index (χ3v) is 3.87. The summed E-state index contributed by atoms with van der Waals surface area (Å²) in [5.41, 5.74) is 4.46. The van der Waals surface area contributed by atoms with E-state index in [9.17, 15) is 0 Å². The standard InChI is InChI=1S/C18H22N6O2/c1-12-3-4-14(11-13(12)2)22-17-15-16(20-6-5-19-15)23-18(24-17)21-7-9-26-10-8-25/h3-6,11,25H,7-10H2,1-2H3,(H2,20,21,22,23,24). The Morgan fingerprint density at radius 1 is 1.04 bits per heavy atom. The summed E-state index contributed by atoms with van der Waals surface area (Å²) in [5.74, 6) is 1.03. The molecule has 0 bridgehead atoms. The highest BCUT2D eigenvalue weighted by Gasteiger charge is 2.10. The van der Waals surface area contributed by atoms with Crippen molar-refractivity contribution < 1.29 is 9.84 Å². The lowest BCUT2D eigenvalue weighted by molar-refractivity contribution is 0.0991. The fourth-order valence-corrected chi connectivity index (χ4v) is 2.39. The van der Waals surface area contributed by atoms with Gasteiger partial charge in [0.1, 0.15) is 0 Å². The molecule has 2 heterocycles. The highest BCUT2D eigenvalue weighted by molar-refractivity contribution is 5.85. The van der Waals surface area contributed by atoms with Gasteiger partial charge in [-0.25, -0.2) is 9.97 Å². The molecule has 8 nitrogen and oxygen atoms in total. The minimum atomic E-state index is 0.00605. The predicted octanol–water partition coefficient (Wildman–Crippen LogP) is 2.20. The number of aryl methyl sites for hydroxylation is 2. The lowest BCUT2D eigenvalue weighted by Crippen LogP contribution is -2.14. The number of aliphatic hydroxyl groups excluding tert-OH is 1. The molecule has 0 aliphatic carbocycles. The van der Waals surface area contributed by atoms with Gasteiger partial charge in [0, 0.05) is 24.6 Å². The summed E-state index contributed by atoms with van der Waals surface area (Å²) in [6, 6.07) is 6.13. The van der Waals surface area contributed by atoms with Crippen molar-refractivity contribution in [2.24, 2.45) is 0 Å². The van der Waals surface area contributed by atoms with E-state index in [1.165, 1.54) is 11.1 Å². The van der Waals surface area contributed by atoms with Crippen molar-refractivity contribution in [1.82, 2.24) is 19.9 Å². The van der Waals surface area contributed by atoms with E-state index >= 15 is 0 Å². The molecule has 0 unspecified atom stereocenters. The molecule has 1 aromatic carbocycles. The zero-order chi connectivity index (χ0) is 18.4. The van der Waals surface area contributed by atoms with Gasteiger partial charge in [0.25, 0.3) is 0 Å². The highest BCUT2D eigenvalue weighted by Crippen LogP contribution is 2.23. The molecule has 136 valence electrons. The molecule has 3 rings (SSSR count). The monoisotopic (exact) mass is 354 g/mol. The number of aromatic nitrogens is 4. The predicted molar refractivity (Wildman–Crippen MR) is 101 cm³/mol. The molecule has 2 aromatic heterocycles. The van der Waals surface area contributed by atoms with Crippen LogP contribution in [0.5, 0.6) is 0 Å². The first-order chi connectivity index (χ1) is 12.7. The molecular formula is C18H22N6O2. The Balaban J connectivity index is 1.83. The maximum Gasteiger partial charge on any atom is 0.226 e. The van der Waals surface area contributed by atoms with Crippen LogP contribution in [0.15, 0.2) is 30.6 Å². The first-order valence-electron chi connectivity index (χ1n) is 8.43. The van der Waals surface area contributed by atoms with Crippen LogP contribution in [-0.4, -0.2) is 51.4 Å². The van der Waals surface area contributed by atoms with Gasteiger partial charge < -0.3 is 20.5 Å². The fraction of sp³-hybridized carbons (Fsp3) is 0.333. The van der Waals surface area contributed by atoms with Crippen molar-refractivity contribution in [2.45, 2.75) is 13.8 Å². The smallest absolute Gasteiger partial charge is 0.226 e. The third kappa shape index (κ3) is 4.41. The van der Waals surface area contributed by atoms with Gasteiger partial charge in [0.2, 0.25) is 5.95 Å². The van der Waals surface area contributed by atoms with Crippen molar-refractivity contribution in [3.63, 3.8) is 0 Å². The van der Waals surface area contributed by atoms with Crippen LogP contribution in [-0.2, 0) is 4.74 Å². The Labute approximate surface area is 151 Å². The van der Waals surface area contributed by atoms with Crippen molar-refractivity contribution in [3.05, 3.63) is 41.7 Å². The van der Waals surface area contributed by atoms with Gasteiger partial charge >= 0.3 is 0 Å². The van der Waals surface area contributed by atoms with Gasteiger partial charge in [-0.05, 0) is 37.1 Å². The Morgan fingerprint density at radius 2 is 1.88 bits per heavy atom. The second-order valence-corrected chi connectivity index (χ2v) is 5.81. The number of fused-ring (bicyclic) bond motifs is 1. The maximum absolute atomic E-state index is 8.72. The lowest BCUT2D eigenvalue weighted by Gasteiger charge is -2.12. The average molecular weight is 354 g/mol. The summed E-state index contributed by atoms with van der Waals surface area (Å²) in [6.45, 7) is 5.43. The lowest BCUT2D eigenvalue weighted by atomic mass is 10.1. The van der Waals surface area contributed by atoms with Gasteiger partial charge in [0.15, 0.2) is 17.0 Å². The Morgan fingerprint density at radius 3 is 2.69 bits per heavy atom. The Bertz CT molecular complexity index is 887. The fourth-order valence-electron chi connectivity index (χ4n) is 2.39. The van der Waals surface area contributed by atoms with Crippen LogP contribution in [0, 0.1) is 13.8 Å². The third-order valence-electron chi connectivity index (χ3n) is 3.87. The summed E-state index contributed by atoms with van der Waals surface area (Å²) in [5, 5.41) is 15.1. The molecule has 3 N–H and O–H groups in total. The van der Waals surface area contributed by atoms with Crippen molar-refractivity contribution in [2.75, 3.05) is 37.0 Å². The number of anilines is 3. The minimum Gasteiger partial charge on any atom is -0.394 e. The van der Waals surface area contributed by atoms with Gasteiger partial charge in [-0.2, -0.15) is 9.97 Å². The van der Waals surface area contributed by atoms with E-state index < -0.39 is 0 Å². The van der Waals surface area contributed by atoms with E-state index in [1.54, 1.807) is 12.4 Å². The number of ether oxygens (including phenoxy) is 1. The molecule has 8 heteroatoms. The largest absolute Gasteiger partial charge is 0.394 e. The SMILES string of the molecule is Cc1ccc(Nc2nc(NCCOCCO)nc3nccnc23)cc1C. The van der Waals surface area contributed by atoms with Crippen LogP contribution in [0.3, 0.4) is 0 Å². The number of rotatable bonds is 8. The van der Waals surface area contributed by atoms with Crippen LogP contribution < -0.4 is 10.6 Å². The molecule has 0 atom stereocenters. The molecule has 0 aliphatic heterocycles. The molecule has 0 fully saturated rings. The van der Waals surface area contributed by atoms with Gasteiger partial charge in [-0.15, -0.1) is 0 Å². The van der Waals surface area contributed by atoms with Crippen molar-refractivity contribution in [1.29, 1.82) is 0 Å². The molecule has 0 aliphatic rings. The van der Waals surface area contributed by atoms with E-state index in [-0.39, 0.29) is 6.61 Å². The first-order valence-corrected chi connectivity index (χ1v) is 8.43. The molecular weight excluding hydrogens is 332 g/mol. The first kappa shape index (κ1) is 18.0. The van der Waals surface area contributed by atoms with Crippen LogP contribution >= 0.6 is 0 Å².